The second-order valence-corrected chi connectivity index (χ2v) is 9.21. The molecule has 0 saturated heterocycles. The van der Waals surface area contributed by atoms with Gasteiger partial charge in [0.2, 0.25) is 15.9 Å². The van der Waals surface area contributed by atoms with Crippen LogP contribution in [0.1, 0.15) is 43.0 Å². The molecule has 0 aliphatic carbocycles. The number of amides is 1. The van der Waals surface area contributed by atoms with Crippen molar-refractivity contribution >= 4 is 27.3 Å². The molecule has 0 bridgehead atoms. The molecule has 162 valence electrons. The molecule has 2 aromatic rings. The van der Waals surface area contributed by atoms with Crippen molar-refractivity contribution in [2.75, 3.05) is 10.6 Å². The lowest BCUT2D eigenvalue weighted by atomic mass is 10.1. The van der Waals surface area contributed by atoms with Crippen molar-refractivity contribution in [2.45, 2.75) is 46.2 Å². The number of nitro benzene ring substituents is 1. The van der Waals surface area contributed by atoms with E-state index in [-0.39, 0.29) is 23.8 Å². The van der Waals surface area contributed by atoms with Gasteiger partial charge in [0.05, 0.1) is 22.9 Å². The molecule has 0 spiro atoms. The van der Waals surface area contributed by atoms with Crippen LogP contribution in [0.4, 0.5) is 11.4 Å². The van der Waals surface area contributed by atoms with Crippen molar-refractivity contribution in [3.63, 3.8) is 0 Å². The van der Waals surface area contributed by atoms with E-state index in [0.717, 1.165) is 21.7 Å². The van der Waals surface area contributed by atoms with E-state index in [0.29, 0.717) is 5.56 Å². The van der Waals surface area contributed by atoms with Crippen molar-refractivity contribution in [1.29, 1.82) is 0 Å². The number of anilines is 1. The number of aryl methyl sites for hydroxylation is 2. The molecule has 0 fully saturated rings. The van der Waals surface area contributed by atoms with Gasteiger partial charge in [0.15, 0.2) is 0 Å². The molecule has 30 heavy (non-hydrogen) atoms. The summed E-state index contributed by atoms with van der Waals surface area (Å²) in [5.74, 6) is -0.470. The Kier molecular flexibility index (Phi) is 7.20. The van der Waals surface area contributed by atoms with Gasteiger partial charge in [-0.3, -0.25) is 19.2 Å². The zero-order chi connectivity index (χ0) is 22.6. The summed E-state index contributed by atoms with van der Waals surface area (Å²) >= 11 is 0. The fourth-order valence-corrected chi connectivity index (χ4v) is 4.49. The van der Waals surface area contributed by atoms with Crippen LogP contribution < -0.4 is 9.62 Å². The van der Waals surface area contributed by atoms with Crippen LogP contribution >= 0.6 is 0 Å². The maximum absolute atomic E-state index is 13.1. The minimum Gasteiger partial charge on any atom is -0.348 e. The normalized spacial score (nSPS) is 13.4. The minimum absolute atomic E-state index is 0.122. The van der Waals surface area contributed by atoms with Gasteiger partial charge in [0.25, 0.3) is 5.69 Å². The van der Waals surface area contributed by atoms with E-state index in [1.165, 1.54) is 18.2 Å². The Morgan fingerprint density at radius 3 is 2.27 bits per heavy atom. The van der Waals surface area contributed by atoms with Crippen LogP contribution in [-0.2, 0) is 14.8 Å². The van der Waals surface area contributed by atoms with Crippen LogP contribution in [0.15, 0.2) is 42.5 Å². The van der Waals surface area contributed by atoms with Crippen molar-refractivity contribution in [3.8, 4) is 0 Å². The van der Waals surface area contributed by atoms with Gasteiger partial charge in [0, 0.05) is 12.1 Å². The molecule has 8 nitrogen and oxygen atoms in total. The molecule has 0 aliphatic rings. The van der Waals surface area contributed by atoms with Crippen LogP contribution in [-0.4, -0.2) is 31.5 Å². The van der Waals surface area contributed by atoms with E-state index < -0.39 is 26.9 Å². The van der Waals surface area contributed by atoms with Gasteiger partial charge in [-0.15, -0.1) is 0 Å². The molecule has 1 amide bonds. The Morgan fingerprint density at radius 2 is 1.77 bits per heavy atom. The molecule has 2 aromatic carbocycles. The van der Waals surface area contributed by atoms with Crippen LogP contribution in [0.25, 0.3) is 0 Å². The number of hydrogen-bond donors (Lipinski definition) is 1. The molecule has 0 radical (unpaired) electrons. The number of nitro groups is 1. The van der Waals surface area contributed by atoms with Gasteiger partial charge < -0.3 is 5.32 Å². The Balaban J connectivity index is 2.42. The van der Waals surface area contributed by atoms with Crippen molar-refractivity contribution in [1.82, 2.24) is 5.32 Å². The SMILES string of the molecule is CC[C@@H](C(=O)N[C@@H](C)c1ccc(C)cc1)N(c1cc([N+](=O)[O-])ccc1C)S(C)(=O)=O. The summed E-state index contributed by atoms with van der Waals surface area (Å²) in [6, 6.07) is 10.3. The number of nitrogens with one attached hydrogen (secondary N) is 1. The highest BCUT2D eigenvalue weighted by atomic mass is 32.2. The summed E-state index contributed by atoms with van der Waals surface area (Å²) in [6.07, 6.45) is 1.19. The van der Waals surface area contributed by atoms with E-state index in [1.807, 2.05) is 38.1 Å². The number of carbonyl (C=O) groups is 1. The fourth-order valence-electron chi connectivity index (χ4n) is 3.23. The molecule has 0 aliphatic heterocycles. The zero-order valence-electron chi connectivity index (χ0n) is 17.7. The first-order valence-corrected chi connectivity index (χ1v) is 11.4. The largest absolute Gasteiger partial charge is 0.348 e. The number of nitrogens with zero attached hydrogens (tertiary/aromatic N) is 2. The zero-order valence-corrected chi connectivity index (χ0v) is 18.6. The summed E-state index contributed by atoms with van der Waals surface area (Å²) in [6.45, 7) is 7.13. The Morgan fingerprint density at radius 1 is 1.17 bits per heavy atom. The van der Waals surface area contributed by atoms with Gasteiger partial charge in [-0.2, -0.15) is 0 Å². The lowest BCUT2D eigenvalue weighted by Crippen LogP contribution is -2.50. The highest BCUT2D eigenvalue weighted by molar-refractivity contribution is 7.92. The Labute approximate surface area is 177 Å². The number of hydrogen-bond acceptors (Lipinski definition) is 5. The van der Waals surface area contributed by atoms with Gasteiger partial charge in [-0.1, -0.05) is 42.8 Å². The number of carbonyl (C=O) groups excluding carboxylic acids is 1. The highest BCUT2D eigenvalue weighted by Gasteiger charge is 2.33. The van der Waals surface area contributed by atoms with Crippen LogP contribution in [0, 0.1) is 24.0 Å². The number of non-ortho nitro benzene ring substituents is 1. The average Bonchev–Trinajstić information content (AvgIpc) is 2.66. The highest BCUT2D eigenvalue weighted by Crippen LogP contribution is 2.30. The molecule has 1 N–H and O–H groups in total. The predicted molar refractivity (Wildman–Crippen MR) is 117 cm³/mol. The van der Waals surface area contributed by atoms with E-state index in [2.05, 4.69) is 5.32 Å². The van der Waals surface area contributed by atoms with Crippen molar-refractivity contribution in [3.05, 3.63) is 69.3 Å². The number of sulfonamides is 1. The molecular weight excluding hydrogens is 406 g/mol. The number of rotatable bonds is 8. The summed E-state index contributed by atoms with van der Waals surface area (Å²) in [5.41, 5.74) is 2.38. The fraction of sp³-hybridized carbons (Fsp3) is 0.381. The molecule has 0 saturated carbocycles. The molecule has 2 atom stereocenters. The van der Waals surface area contributed by atoms with E-state index in [9.17, 15) is 23.3 Å². The van der Waals surface area contributed by atoms with Crippen LogP contribution in [0.5, 0.6) is 0 Å². The smallest absolute Gasteiger partial charge is 0.271 e. The lowest BCUT2D eigenvalue weighted by Gasteiger charge is -2.32. The van der Waals surface area contributed by atoms with Gasteiger partial charge in [0.1, 0.15) is 6.04 Å². The maximum atomic E-state index is 13.1. The lowest BCUT2D eigenvalue weighted by molar-refractivity contribution is -0.384. The monoisotopic (exact) mass is 433 g/mol. The van der Waals surface area contributed by atoms with Gasteiger partial charge >= 0.3 is 0 Å². The van der Waals surface area contributed by atoms with Crippen molar-refractivity contribution in [2.24, 2.45) is 0 Å². The standard InChI is InChI=1S/C21H27N3O5S/c1-6-19(21(25)22-16(4)17-10-7-14(2)8-11-17)23(30(5,28)29)20-13-18(24(26)27)12-9-15(20)3/h7-13,16,19H,6H2,1-5H3,(H,22,25)/t16-,19-/m0/s1. The first-order chi connectivity index (χ1) is 14.0. The first kappa shape index (κ1) is 23.3. The summed E-state index contributed by atoms with van der Waals surface area (Å²) in [7, 11) is -3.90. The molecule has 0 heterocycles. The Hall–Kier alpha value is -2.94. The third kappa shape index (κ3) is 5.35. The van der Waals surface area contributed by atoms with E-state index >= 15 is 0 Å². The van der Waals surface area contributed by atoms with Crippen molar-refractivity contribution < 1.29 is 18.1 Å². The number of benzene rings is 2. The van der Waals surface area contributed by atoms with Gasteiger partial charge in [-0.25, -0.2) is 8.42 Å². The van der Waals surface area contributed by atoms with E-state index in [1.54, 1.807) is 13.8 Å². The summed E-state index contributed by atoms with van der Waals surface area (Å²) in [4.78, 5) is 23.7. The Bertz CT molecular complexity index is 1040. The topological polar surface area (TPSA) is 110 Å². The quantitative estimate of drug-likeness (QED) is 0.505. The second-order valence-electron chi connectivity index (χ2n) is 7.35. The van der Waals surface area contributed by atoms with Crippen LogP contribution in [0.3, 0.4) is 0 Å². The summed E-state index contributed by atoms with van der Waals surface area (Å²) < 4.78 is 26.3. The second kappa shape index (κ2) is 9.25. The third-order valence-corrected chi connectivity index (χ3v) is 6.07. The predicted octanol–water partition coefficient (Wildman–Crippen LogP) is 3.63. The molecule has 0 unspecified atom stereocenters. The van der Waals surface area contributed by atoms with Gasteiger partial charge in [-0.05, 0) is 38.3 Å². The third-order valence-electron chi connectivity index (χ3n) is 4.91. The molecule has 0 aromatic heterocycles. The average molecular weight is 434 g/mol. The van der Waals surface area contributed by atoms with Crippen LogP contribution in [0.2, 0.25) is 0 Å². The molecule has 9 heteroatoms. The minimum atomic E-state index is -3.90. The first-order valence-electron chi connectivity index (χ1n) is 9.57. The maximum Gasteiger partial charge on any atom is 0.271 e. The summed E-state index contributed by atoms with van der Waals surface area (Å²) in [5, 5.41) is 14.1. The molecular formula is C21H27N3O5S. The molecule has 2 rings (SSSR count). The van der Waals surface area contributed by atoms with E-state index in [4.69, 9.17) is 0 Å².